The number of para-hydroxylation sites is 2. The molecule has 0 amide bonds. The van der Waals surface area contributed by atoms with Crippen molar-refractivity contribution in [3.05, 3.63) is 73.3 Å². The molecule has 8 nitrogen and oxygen atoms in total. The molecule has 33 heavy (non-hydrogen) atoms. The SMILES string of the molecule is COC(=O)[C@H]1[C@]23Oc4ccccc4[C@H]2n2c(s/c(=C\c4cccc(OC)c4O)c2=O)=N[C@@]13C. The summed E-state index contributed by atoms with van der Waals surface area (Å²) >= 11 is 1.22. The van der Waals surface area contributed by atoms with Crippen LogP contribution in [0.1, 0.15) is 24.1 Å². The van der Waals surface area contributed by atoms with Gasteiger partial charge in [0.05, 0.1) is 18.8 Å². The van der Waals surface area contributed by atoms with Crippen LogP contribution >= 0.6 is 11.3 Å². The first-order valence-electron chi connectivity index (χ1n) is 10.4. The van der Waals surface area contributed by atoms with Crippen LogP contribution in [-0.2, 0) is 9.53 Å². The number of aromatic nitrogens is 1. The zero-order valence-corrected chi connectivity index (χ0v) is 18.9. The molecule has 3 aliphatic rings. The van der Waals surface area contributed by atoms with Crippen molar-refractivity contribution in [2.45, 2.75) is 24.1 Å². The number of carbonyl (C=O) groups excluding carboxylic acids is 1. The lowest BCUT2D eigenvalue weighted by atomic mass is 9.97. The predicted molar refractivity (Wildman–Crippen MR) is 119 cm³/mol. The van der Waals surface area contributed by atoms with Crippen molar-refractivity contribution >= 4 is 23.4 Å². The quantitative estimate of drug-likeness (QED) is 0.588. The van der Waals surface area contributed by atoms with Crippen LogP contribution in [0.4, 0.5) is 0 Å². The lowest BCUT2D eigenvalue weighted by molar-refractivity contribution is -0.144. The van der Waals surface area contributed by atoms with Gasteiger partial charge < -0.3 is 19.3 Å². The minimum Gasteiger partial charge on any atom is -0.504 e. The number of aromatic hydroxyl groups is 1. The molecule has 1 fully saturated rings. The second-order valence-electron chi connectivity index (χ2n) is 8.52. The number of nitrogens with zero attached hydrogens (tertiary/aromatic N) is 2. The third kappa shape index (κ3) is 2.32. The molecule has 2 aromatic carbocycles. The van der Waals surface area contributed by atoms with E-state index in [1.54, 1.807) is 28.8 Å². The summed E-state index contributed by atoms with van der Waals surface area (Å²) in [6.07, 6.45) is 1.63. The Labute approximate surface area is 192 Å². The average molecular weight is 464 g/mol. The Morgan fingerprint density at radius 3 is 2.79 bits per heavy atom. The van der Waals surface area contributed by atoms with Gasteiger partial charge in [-0.25, -0.2) is 4.99 Å². The summed E-state index contributed by atoms with van der Waals surface area (Å²) in [5, 5.41) is 10.5. The van der Waals surface area contributed by atoms with E-state index >= 15 is 0 Å². The van der Waals surface area contributed by atoms with Crippen LogP contribution in [0.2, 0.25) is 0 Å². The largest absolute Gasteiger partial charge is 0.504 e. The van der Waals surface area contributed by atoms with Crippen molar-refractivity contribution in [1.29, 1.82) is 0 Å². The van der Waals surface area contributed by atoms with Gasteiger partial charge >= 0.3 is 5.97 Å². The topological polar surface area (TPSA) is 99.4 Å². The van der Waals surface area contributed by atoms with Crippen LogP contribution in [0.3, 0.4) is 0 Å². The molecule has 168 valence electrons. The van der Waals surface area contributed by atoms with E-state index in [9.17, 15) is 14.7 Å². The van der Waals surface area contributed by atoms with Crippen molar-refractivity contribution < 1.29 is 24.1 Å². The van der Waals surface area contributed by atoms with E-state index < -0.39 is 29.1 Å². The summed E-state index contributed by atoms with van der Waals surface area (Å²) in [5.41, 5.74) is -0.842. The van der Waals surface area contributed by atoms with Crippen LogP contribution in [0.25, 0.3) is 6.08 Å². The van der Waals surface area contributed by atoms with Gasteiger partial charge in [-0.15, -0.1) is 0 Å². The molecule has 1 saturated carbocycles. The highest BCUT2D eigenvalue weighted by Gasteiger charge is 2.88. The molecule has 0 unspecified atom stereocenters. The van der Waals surface area contributed by atoms with E-state index in [1.165, 1.54) is 25.6 Å². The predicted octanol–water partition coefficient (Wildman–Crippen LogP) is 1.37. The smallest absolute Gasteiger partial charge is 0.315 e. The molecule has 0 radical (unpaired) electrons. The molecule has 0 bridgehead atoms. The fourth-order valence-electron chi connectivity index (χ4n) is 5.42. The number of fused-ring (bicyclic) bond motifs is 4. The van der Waals surface area contributed by atoms with Crippen LogP contribution in [0.5, 0.6) is 17.2 Å². The van der Waals surface area contributed by atoms with E-state index in [0.717, 1.165) is 5.56 Å². The lowest BCUT2D eigenvalue weighted by Crippen LogP contribution is -2.47. The molecular weight excluding hydrogens is 444 g/mol. The van der Waals surface area contributed by atoms with Gasteiger partial charge in [0, 0.05) is 11.1 Å². The number of methoxy groups -OCH3 is 2. The summed E-state index contributed by atoms with van der Waals surface area (Å²) in [7, 11) is 2.82. The molecule has 3 aromatic rings. The first-order chi connectivity index (χ1) is 15.9. The Balaban J connectivity index is 1.61. The summed E-state index contributed by atoms with van der Waals surface area (Å²) in [6.45, 7) is 1.87. The van der Waals surface area contributed by atoms with E-state index in [1.807, 2.05) is 31.2 Å². The van der Waals surface area contributed by atoms with Gasteiger partial charge in [0.2, 0.25) is 0 Å². The second kappa shape index (κ2) is 6.48. The van der Waals surface area contributed by atoms with Crippen LogP contribution in [0, 0.1) is 5.92 Å². The molecule has 1 aromatic heterocycles. The van der Waals surface area contributed by atoms with Gasteiger partial charge in [-0.3, -0.25) is 14.2 Å². The minimum absolute atomic E-state index is 0.0423. The molecule has 1 aliphatic carbocycles. The number of phenolic OH excluding ortho intramolecular Hbond substituents is 1. The second-order valence-corrected chi connectivity index (χ2v) is 9.53. The van der Waals surface area contributed by atoms with E-state index in [-0.39, 0.29) is 11.3 Å². The molecule has 1 spiro atoms. The first-order valence-corrected chi connectivity index (χ1v) is 11.2. The summed E-state index contributed by atoms with van der Waals surface area (Å²) < 4.78 is 18.7. The Kier molecular flexibility index (Phi) is 3.93. The lowest BCUT2D eigenvalue weighted by Gasteiger charge is -2.26. The van der Waals surface area contributed by atoms with E-state index in [4.69, 9.17) is 19.2 Å². The molecule has 4 atom stereocenters. The standard InChI is InChI=1S/C24H20N2O6S/c1-23-18(21(29)31-3)24(23)19(13-8-4-5-9-14(13)32-24)26-20(28)16(33-22(26)25-23)11-12-7-6-10-15(30-2)17(12)27/h4-11,18-19,27H,1-3H3/b16-11-/t18-,19-,23+,24+/m1/s1. The molecule has 9 heteroatoms. The van der Waals surface area contributed by atoms with Crippen molar-refractivity contribution in [2.75, 3.05) is 14.2 Å². The minimum atomic E-state index is -1.02. The third-order valence-corrected chi connectivity index (χ3v) is 7.98. The molecule has 2 aliphatic heterocycles. The zero-order valence-electron chi connectivity index (χ0n) is 18.1. The molecule has 6 rings (SSSR count). The first kappa shape index (κ1) is 20.0. The monoisotopic (exact) mass is 464 g/mol. The molecule has 3 heterocycles. The summed E-state index contributed by atoms with van der Waals surface area (Å²) in [6, 6.07) is 12.1. The number of esters is 1. The van der Waals surface area contributed by atoms with Crippen LogP contribution in [-0.4, -0.2) is 41.0 Å². The molecule has 0 saturated heterocycles. The zero-order chi connectivity index (χ0) is 23.1. The van der Waals surface area contributed by atoms with Crippen molar-refractivity contribution in [2.24, 2.45) is 10.9 Å². The molecular formula is C24H20N2O6S. The third-order valence-electron chi connectivity index (χ3n) is 6.99. The summed E-state index contributed by atoms with van der Waals surface area (Å²) in [4.78, 5) is 31.7. The van der Waals surface area contributed by atoms with Gasteiger partial charge in [0.1, 0.15) is 23.2 Å². The maximum Gasteiger partial charge on any atom is 0.315 e. The Morgan fingerprint density at radius 1 is 1.24 bits per heavy atom. The Hall–Kier alpha value is -3.59. The van der Waals surface area contributed by atoms with Crippen molar-refractivity contribution in [1.82, 2.24) is 4.57 Å². The maximum atomic E-state index is 13.6. The van der Waals surface area contributed by atoms with Gasteiger partial charge in [-0.05, 0) is 25.1 Å². The van der Waals surface area contributed by atoms with E-state index in [2.05, 4.69) is 0 Å². The van der Waals surface area contributed by atoms with Crippen LogP contribution < -0.4 is 24.4 Å². The highest BCUT2D eigenvalue weighted by molar-refractivity contribution is 7.07. The molecule has 1 N–H and O–H groups in total. The fraction of sp³-hybridized carbons (Fsp3) is 0.292. The number of thiazole rings is 1. The fourth-order valence-corrected chi connectivity index (χ4v) is 6.51. The van der Waals surface area contributed by atoms with Gasteiger partial charge in [-0.1, -0.05) is 41.7 Å². The van der Waals surface area contributed by atoms with Crippen molar-refractivity contribution in [3.63, 3.8) is 0 Å². The number of phenols is 1. The number of carbonyl (C=O) groups is 1. The van der Waals surface area contributed by atoms with Gasteiger partial charge in [0.15, 0.2) is 21.9 Å². The number of hydrogen-bond donors (Lipinski definition) is 1. The van der Waals surface area contributed by atoms with Gasteiger partial charge in [-0.2, -0.15) is 0 Å². The number of hydrogen-bond acceptors (Lipinski definition) is 8. The number of benzene rings is 2. The number of rotatable bonds is 3. The summed E-state index contributed by atoms with van der Waals surface area (Å²) in [5.74, 6) is -0.123. The Bertz CT molecular complexity index is 1520. The normalized spacial score (nSPS) is 28.5. The highest BCUT2D eigenvalue weighted by atomic mass is 32.1. The van der Waals surface area contributed by atoms with Crippen LogP contribution in [0.15, 0.2) is 52.3 Å². The van der Waals surface area contributed by atoms with Gasteiger partial charge in [0.25, 0.3) is 5.56 Å². The van der Waals surface area contributed by atoms with E-state index in [0.29, 0.717) is 26.4 Å². The average Bonchev–Trinajstić information content (AvgIpc) is 3.02. The number of ether oxygens (including phenoxy) is 3. The highest BCUT2D eigenvalue weighted by Crippen LogP contribution is 2.70. The van der Waals surface area contributed by atoms with Crippen molar-refractivity contribution in [3.8, 4) is 17.2 Å². The Morgan fingerprint density at radius 2 is 2.03 bits per heavy atom. The maximum absolute atomic E-state index is 13.6.